The first-order valence-electron chi connectivity index (χ1n) is 18.7. The van der Waals surface area contributed by atoms with Crippen LogP contribution in [0.2, 0.25) is 0 Å². The molecule has 1 heterocycles. The Balaban J connectivity index is 0.00000664. The molecule has 3 unspecified atom stereocenters. The lowest BCUT2D eigenvalue weighted by Crippen LogP contribution is -2.42. The average Bonchev–Trinajstić information content (AvgIpc) is 3.11. The number of carboxylic acids is 1. The van der Waals surface area contributed by atoms with Gasteiger partial charge in [-0.3, -0.25) is 14.4 Å². The normalized spacial score (nSPS) is 17.0. The van der Waals surface area contributed by atoms with Crippen LogP contribution in [0.5, 0.6) is 5.75 Å². The first-order valence-corrected chi connectivity index (χ1v) is 18.7. The van der Waals surface area contributed by atoms with Gasteiger partial charge in [0.15, 0.2) is 6.10 Å². The lowest BCUT2D eigenvalue weighted by atomic mass is 9.97. The molecule has 0 radical (unpaired) electrons. The minimum absolute atomic E-state index is 0.00352. The number of benzene rings is 1. The first kappa shape index (κ1) is 46.7. The number of ether oxygens (including phenoxy) is 6. The lowest BCUT2D eigenvalue weighted by Gasteiger charge is -2.31. The molecule has 0 aliphatic carbocycles. The fourth-order valence-electron chi connectivity index (χ4n) is 4.82. The minimum Gasteiger partial charge on any atom is -0.479 e. The summed E-state index contributed by atoms with van der Waals surface area (Å²) in [4.78, 5) is 46.9. The summed E-state index contributed by atoms with van der Waals surface area (Å²) < 4.78 is 33.8. The highest BCUT2D eigenvalue weighted by Crippen LogP contribution is 2.28. The van der Waals surface area contributed by atoms with E-state index < -0.39 is 29.9 Å². The van der Waals surface area contributed by atoms with Crippen molar-refractivity contribution in [3.63, 3.8) is 0 Å². The van der Waals surface area contributed by atoms with Gasteiger partial charge in [0, 0.05) is 50.9 Å². The van der Waals surface area contributed by atoms with Crippen molar-refractivity contribution >= 4 is 23.8 Å². The van der Waals surface area contributed by atoms with E-state index in [1.165, 1.54) is 0 Å². The number of aliphatic carboxylic acids is 1. The maximum Gasteiger partial charge on any atom is 0.333 e. The third kappa shape index (κ3) is 21.3. The molecule has 2 rings (SSSR count). The van der Waals surface area contributed by atoms with Crippen LogP contribution in [0.3, 0.4) is 0 Å². The molecular formula is C38H64N2O12. The Morgan fingerprint density at radius 2 is 1.50 bits per heavy atom. The Bertz CT molecular complexity index is 1170. The molecule has 4 N–H and O–H groups in total. The molecule has 1 aliphatic rings. The summed E-state index contributed by atoms with van der Waals surface area (Å²) in [6.45, 7) is 14.8. The van der Waals surface area contributed by atoms with Crippen LogP contribution >= 0.6 is 0 Å². The quantitative estimate of drug-likeness (QED) is 0.0823. The fraction of sp³-hybridized carbons (Fsp3) is 0.737. The molecule has 1 aliphatic heterocycles. The zero-order valence-electron chi connectivity index (χ0n) is 32.2. The van der Waals surface area contributed by atoms with Crippen molar-refractivity contribution in [3.8, 4) is 5.75 Å². The topological polar surface area (TPSA) is 188 Å². The number of unbranched alkanes of at least 4 members (excludes halogenated alkanes) is 2. The highest BCUT2D eigenvalue weighted by Gasteiger charge is 2.34. The van der Waals surface area contributed by atoms with E-state index in [1.807, 2.05) is 32.9 Å². The zero-order chi connectivity index (χ0) is 38.8. The van der Waals surface area contributed by atoms with Crippen LogP contribution in [-0.2, 0) is 55.9 Å². The number of carboxylic acid groups (broad SMARTS) is 1. The van der Waals surface area contributed by atoms with E-state index in [0.717, 1.165) is 31.2 Å². The SMILES string of the molecule is CC.CCC(=O)NCCCCCC(=O)NCCOCCOCCOCCCc1ccc(OC2CC(O)CC(C(=O)O)O2)c(COC(=O)C(C)(C)C)c1. The van der Waals surface area contributed by atoms with Crippen LogP contribution in [0.1, 0.15) is 104 Å². The summed E-state index contributed by atoms with van der Waals surface area (Å²) in [5.41, 5.74) is 0.903. The maximum absolute atomic E-state index is 12.4. The molecule has 298 valence electrons. The predicted octanol–water partition coefficient (Wildman–Crippen LogP) is 4.32. The molecule has 1 aromatic rings. The van der Waals surface area contributed by atoms with E-state index in [1.54, 1.807) is 26.8 Å². The number of aryl methyl sites for hydroxylation is 1. The van der Waals surface area contributed by atoms with E-state index in [0.29, 0.717) is 83.3 Å². The zero-order valence-corrected chi connectivity index (χ0v) is 32.2. The second kappa shape index (κ2) is 27.3. The van der Waals surface area contributed by atoms with E-state index >= 15 is 0 Å². The Morgan fingerprint density at radius 1 is 0.846 bits per heavy atom. The summed E-state index contributed by atoms with van der Waals surface area (Å²) in [5.74, 6) is -1.10. The molecule has 0 spiro atoms. The Hall–Kier alpha value is -3.30. The number of rotatable bonds is 25. The van der Waals surface area contributed by atoms with Gasteiger partial charge in [-0.2, -0.15) is 0 Å². The predicted molar refractivity (Wildman–Crippen MR) is 195 cm³/mol. The molecule has 1 fully saturated rings. The summed E-state index contributed by atoms with van der Waals surface area (Å²) in [7, 11) is 0. The Morgan fingerprint density at radius 3 is 2.15 bits per heavy atom. The van der Waals surface area contributed by atoms with Crippen molar-refractivity contribution in [2.24, 2.45) is 5.41 Å². The van der Waals surface area contributed by atoms with Crippen molar-refractivity contribution in [2.45, 2.75) is 124 Å². The standard InChI is InChI=1S/C36H58N2O12.C2H6/c1-5-31(40)37-14-8-6-7-11-32(41)38-15-17-46-19-21-47-20-18-45-16-9-10-26-12-13-29(27(22-26)25-48-35(44)36(2,3)4)49-33-24-28(39)23-30(50-33)34(42)43;1-2/h12-13,22,28,30,33,39H,5-11,14-21,23-25H2,1-4H3,(H,37,40)(H,38,41)(H,42,43);1-2H3. The average molecular weight is 741 g/mol. The van der Waals surface area contributed by atoms with Gasteiger partial charge in [0.1, 0.15) is 12.4 Å². The van der Waals surface area contributed by atoms with Crippen molar-refractivity contribution < 1.29 is 57.8 Å². The number of esters is 1. The number of aliphatic hydroxyl groups is 1. The molecule has 2 amide bonds. The number of amides is 2. The van der Waals surface area contributed by atoms with Crippen molar-refractivity contribution in [1.82, 2.24) is 10.6 Å². The maximum atomic E-state index is 12.4. The first-order chi connectivity index (χ1) is 24.9. The number of carbonyl (C=O) groups excluding carboxylic acids is 3. The molecule has 3 atom stereocenters. The Labute approximate surface area is 309 Å². The van der Waals surface area contributed by atoms with Gasteiger partial charge in [-0.25, -0.2) is 4.79 Å². The molecule has 1 saturated heterocycles. The summed E-state index contributed by atoms with van der Waals surface area (Å²) in [6, 6.07) is 5.50. The van der Waals surface area contributed by atoms with Gasteiger partial charge in [-0.1, -0.05) is 33.3 Å². The molecule has 0 aromatic heterocycles. The summed E-state index contributed by atoms with van der Waals surface area (Å²) in [6.07, 6.45) is 2.03. The van der Waals surface area contributed by atoms with Crippen LogP contribution in [0, 0.1) is 5.41 Å². The van der Waals surface area contributed by atoms with E-state index in [-0.39, 0.29) is 37.2 Å². The largest absolute Gasteiger partial charge is 0.479 e. The van der Waals surface area contributed by atoms with E-state index in [4.69, 9.17) is 28.4 Å². The number of nitrogens with one attached hydrogen (secondary N) is 2. The van der Waals surface area contributed by atoms with E-state index in [9.17, 15) is 29.4 Å². The second-order valence-corrected chi connectivity index (χ2v) is 13.2. The number of hydrogen-bond donors (Lipinski definition) is 4. The van der Waals surface area contributed by atoms with E-state index in [2.05, 4.69) is 10.6 Å². The van der Waals surface area contributed by atoms with Crippen LogP contribution in [0.25, 0.3) is 0 Å². The van der Waals surface area contributed by atoms with Gasteiger partial charge in [0.2, 0.25) is 18.1 Å². The molecule has 0 saturated carbocycles. The van der Waals surface area contributed by atoms with Crippen molar-refractivity contribution in [1.29, 1.82) is 0 Å². The van der Waals surface area contributed by atoms with Crippen LogP contribution < -0.4 is 15.4 Å². The van der Waals surface area contributed by atoms with Gasteiger partial charge in [-0.05, 0) is 64.2 Å². The van der Waals surface area contributed by atoms with Gasteiger partial charge in [0.25, 0.3) is 0 Å². The molecule has 14 heteroatoms. The van der Waals surface area contributed by atoms with Gasteiger partial charge in [-0.15, -0.1) is 0 Å². The summed E-state index contributed by atoms with van der Waals surface area (Å²) >= 11 is 0. The molecule has 0 bridgehead atoms. The molecular weight excluding hydrogens is 676 g/mol. The monoisotopic (exact) mass is 740 g/mol. The Kier molecular flexibility index (Phi) is 24.6. The number of carbonyl (C=O) groups is 4. The molecule has 1 aromatic carbocycles. The molecule has 14 nitrogen and oxygen atoms in total. The fourth-order valence-corrected chi connectivity index (χ4v) is 4.82. The van der Waals surface area contributed by atoms with Crippen molar-refractivity contribution in [3.05, 3.63) is 29.3 Å². The summed E-state index contributed by atoms with van der Waals surface area (Å²) in [5, 5.41) is 25.1. The minimum atomic E-state index is -1.17. The third-order valence-corrected chi connectivity index (χ3v) is 7.69. The van der Waals surface area contributed by atoms with Crippen LogP contribution in [0.15, 0.2) is 18.2 Å². The van der Waals surface area contributed by atoms with Gasteiger partial charge in [0.05, 0.1) is 44.6 Å². The van der Waals surface area contributed by atoms with Crippen LogP contribution in [-0.4, -0.2) is 105 Å². The van der Waals surface area contributed by atoms with Gasteiger partial charge >= 0.3 is 11.9 Å². The smallest absolute Gasteiger partial charge is 0.333 e. The highest BCUT2D eigenvalue weighted by molar-refractivity contribution is 5.76. The van der Waals surface area contributed by atoms with Gasteiger partial charge < -0.3 is 49.3 Å². The third-order valence-electron chi connectivity index (χ3n) is 7.69. The molecule has 52 heavy (non-hydrogen) atoms. The number of hydrogen-bond acceptors (Lipinski definition) is 11. The van der Waals surface area contributed by atoms with Crippen LogP contribution in [0.4, 0.5) is 0 Å². The lowest BCUT2D eigenvalue weighted by molar-refractivity contribution is -0.195. The highest BCUT2D eigenvalue weighted by atomic mass is 16.7. The second-order valence-electron chi connectivity index (χ2n) is 13.2. The number of aliphatic hydroxyl groups excluding tert-OH is 1. The van der Waals surface area contributed by atoms with Crippen molar-refractivity contribution in [2.75, 3.05) is 52.7 Å².